The van der Waals surface area contributed by atoms with E-state index in [1.807, 2.05) is 0 Å². The highest BCUT2D eigenvalue weighted by molar-refractivity contribution is 9.10. The van der Waals surface area contributed by atoms with Gasteiger partial charge in [0.1, 0.15) is 5.82 Å². The summed E-state index contributed by atoms with van der Waals surface area (Å²) >= 11 is 4.09. The Labute approximate surface area is 119 Å². The van der Waals surface area contributed by atoms with Crippen LogP contribution in [0.2, 0.25) is 0 Å². The Bertz CT molecular complexity index is 758. The summed E-state index contributed by atoms with van der Waals surface area (Å²) in [4.78, 5) is 26.4. The van der Waals surface area contributed by atoms with Gasteiger partial charge in [0.25, 0.3) is 0 Å². The molecule has 1 heterocycles. The summed E-state index contributed by atoms with van der Waals surface area (Å²) in [5, 5.41) is 2.56. The first-order valence-electron chi connectivity index (χ1n) is 4.98. The summed E-state index contributed by atoms with van der Waals surface area (Å²) in [7, 11) is 1.53. The molecule has 2 aromatic rings. The molecular weight excluding hydrogens is 339 g/mol. The van der Waals surface area contributed by atoms with Crippen molar-refractivity contribution in [2.45, 2.75) is 10.1 Å². The van der Waals surface area contributed by atoms with Crippen molar-refractivity contribution in [2.24, 2.45) is 7.05 Å². The maximum atomic E-state index is 13.2. The second-order valence-corrected chi connectivity index (χ2v) is 5.47. The van der Waals surface area contributed by atoms with Gasteiger partial charge in [-0.1, -0.05) is 0 Å². The number of hydrogen-bond acceptors (Lipinski definition) is 5. The summed E-state index contributed by atoms with van der Waals surface area (Å²) in [5.41, 5.74) is 4.21. The summed E-state index contributed by atoms with van der Waals surface area (Å²) in [6.45, 7) is 0. The zero-order valence-corrected chi connectivity index (χ0v) is 12.0. The highest BCUT2D eigenvalue weighted by atomic mass is 79.9. The van der Waals surface area contributed by atoms with E-state index in [1.165, 1.54) is 17.8 Å². The van der Waals surface area contributed by atoms with Crippen molar-refractivity contribution in [3.8, 4) is 0 Å². The lowest BCUT2D eigenvalue weighted by molar-refractivity contribution is 0.596. The standard InChI is InChI=1S/C10H8BrFN4O2S/c1-16-10(14-8(17)9(18)15-16)19-7-2-4(11)5(12)3-6(7)13/h2-3H,13H2,1H3,(H,15,18). The van der Waals surface area contributed by atoms with Crippen LogP contribution in [0.5, 0.6) is 0 Å². The molecule has 6 nitrogen and oxygen atoms in total. The van der Waals surface area contributed by atoms with Gasteiger partial charge >= 0.3 is 11.1 Å². The molecule has 3 N–H and O–H groups in total. The van der Waals surface area contributed by atoms with E-state index in [1.54, 1.807) is 0 Å². The van der Waals surface area contributed by atoms with Crippen LogP contribution in [0.15, 0.2) is 36.2 Å². The number of halogens is 2. The highest BCUT2D eigenvalue weighted by Crippen LogP contribution is 2.33. The van der Waals surface area contributed by atoms with Gasteiger partial charge < -0.3 is 5.73 Å². The van der Waals surface area contributed by atoms with Crippen LogP contribution in [0.1, 0.15) is 0 Å². The predicted octanol–water partition coefficient (Wildman–Crippen LogP) is 1.10. The van der Waals surface area contributed by atoms with Crippen LogP contribution in [-0.2, 0) is 7.05 Å². The molecule has 0 atom stereocenters. The molecule has 19 heavy (non-hydrogen) atoms. The Kier molecular flexibility index (Phi) is 3.76. The third-order valence-corrected chi connectivity index (χ3v) is 3.93. The molecule has 100 valence electrons. The number of aromatic nitrogens is 3. The minimum atomic E-state index is -0.889. The Balaban J connectivity index is 2.47. The van der Waals surface area contributed by atoms with Gasteiger partial charge in [-0.15, -0.1) is 0 Å². The SMILES string of the molecule is Cn1[nH]c(=O)c(=O)nc1Sc1cc(Br)c(F)cc1N. The number of nitrogen functional groups attached to an aromatic ring is 1. The van der Waals surface area contributed by atoms with Gasteiger partial charge in [0, 0.05) is 17.6 Å². The number of aromatic amines is 1. The van der Waals surface area contributed by atoms with Gasteiger partial charge in [0.15, 0.2) is 5.16 Å². The van der Waals surface area contributed by atoms with Crippen LogP contribution in [-0.4, -0.2) is 14.8 Å². The molecule has 0 aliphatic carbocycles. The molecule has 2 rings (SSSR count). The average Bonchev–Trinajstić information content (AvgIpc) is 2.32. The molecule has 0 amide bonds. The minimum Gasteiger partial charge on any atom is -0.398 e. The smallest absolute Gasteiger partial charge is 0.339 e. The van der Waals surface area contributed by atoms with Gasteiger partial charge in [0.2, 0.25) is 0 Å². The van der Waals surface area contributed by atoms with Gasteiger partial charge in [-0.2, -0.15) is 4.98 Å². The lowest BCUT2D eigenvalue weighted by Crippen LogP contribution is -2.33. The lowest BCUT2D eigenvalue weighted by atomic mass is 10.3. The summed E-state index contributed by atoms with van der Waals surface area (Å²) < 4.78 is 14.8. The van der Waals surface area contributed by atoms with E-state index in [0.717, 1.165) is 17.8 Å². The first kappa shape index (κ1) is 13.8. The monoisotopic (exact) mass is 346 g/mol. The molecule has 0 saturated carbocycles. The van der Waals surface area contributed by atoms with Crippen molar-refractivity contribution in [1.29, 1.82) is 0 Å². The molecule has 0 spiro atoms. The van der Waals surface area contributed by atoms with E-state index in [2.05, 4.69) is 26.0 Å². The fraction of sp³-hybridized carbons (Fsp3) is 0.100. The Morgan fingerprint density at radius 1 is 1.47 bits per heavy atom. The second-order valence-electron chi connectivity index (χ2n) is 3.61. The van der Waals surface area contributed by atoms with Crippen LogP contribution in [0.25, 0.3) is 0 Å². The van der Waals surface area contributed by atoms with Crippen LogP contribution >= 0.6 is 27.7 Å². The van der Waals surface area contributed by atoms with Crippen molar-refractivity contribution in [2.75, 3.05) is 5.73 Å². The largest absolute Gasteiger partial charge is 0.398 e. The molecule has 1 aromatic heterocycles. The number of benzene rings is 1. The maximum absolute atomic E-state index is 13.2. The molecule has 0 radical (unpaired) electrons. The molecule has 0 unspecified atom stereocenters. The quantitative estimate of drug-likeness (QED) is 0.627. The third kappa shape index (κ3) is 2.87. The summed E-state index contributed by atoms with van der Waals surface area (Å²) in [5.74, 6) is -0.481. The molecule has 9 heteroatoms. The Morgan fingerprint density at radius 3 is 2.84 bits per heavy atom. The highest BCUT2D eigenvalue weighted by Gasteiger charge is 2.11. The molecule has 0 bridgehead atoms. The lowest BCUT2D eigenvalue weighted by Gasteiger charge is -2.08. The average molecular weight is 347 g/mol. The topological polar surface area (TPSA) is 93.8 Å². The Hall–Kier alpha value is -1.61. The fourth-order valence-electron chi connectivity index (χ4n) is 1.28. The number of nitrogens with zero attached hydrogens (tertiary/aromatic N) is 2. The number of hydrogen-bond donors (Lipinski definition) is 2. The number of anilines is 1. The molecule has 0 aliphatic heterocycles. The van der Waals surface area contributed by atoms with E-state index >= 15 is 0 Å². The second kappa shape index (κ2) is 5.17. The van der Waals surface area contributed by atoms with Crippen LogP contribution in [0, 0.1) is 5.82 Å². The predicted molar refractivity (Wildman–Crippen MR) is 72.7 cm³/mol. The van der Waals surface area contributed by atoms with Crippen LogP contribution in [0.3, 0.4) is 0 Å². The Morgan fingerprint density at radius 2 is 2.16 bits per heavy atom. The molecule has 0 fully saturated rings. The molecule has 0 aliphatic rings. The van der Waals surface area contributed by atoms with E-state index < -0.39 is 16.9 Å². The van der Waals surface area contributed by atoms with E-state index in [9.17, 15) is 14.0 Å². The van der Waals surface area contributed by atoms with Crippen LogP contribution in [0.4, 0.5) is 10.1 Å². The number of nitrogens with one attached hydrogen (secondary N) is 1. The van der Waals surface area contributed by atoms with Gasteiger partial charge in [-0.3, -0.25) is 19.4 Å². The van der Waals surface area contributed by atoms with Crippen molar-refractivity contribution in [3.05, 3.63) is 43.1 Å². The minimum absolute atomic E-state index is 0.214. The van der Waals surface area contributed by atoms with Gasteiger partial charge in [0.05, 0.1) is 4.47 Å². The van der Waals surface area contributed by atoms with Crippen molar-refractivity contribution in [3.63, 3.8) is 0 Å². The van der Waals surface area contributed by atoms with Crippen molar-refractivity contribution in [1.82, 2.24) is 14.8 Å². The first-order chi connectivity index (χ1) is 8.88. The summed E-state index contributed by atoms with van der Waals surface area (Å²) in [6, 6.07) is 2.64. The third-order valence-electron chi connectivity index (χ3n) is 2.20. The van der Waals surface area contributed by atoms with E-state index in [0.29, 0.717) is 4.90 Å². The molecular formula is C10H8BrFN4O2S. The molecule has 0 saturated heterocycles. The van der Waals surface area contributed by atoms with E-state index in [4.69, 9.17) is 5.73 Å². The fourth-order valence-corrected chi connectivity index (χ4v) is 2.64. The number of H-pyrrole nitrogens is 1. The summed E-state index contributed by atoms with van der Waals surface area (Å²) in [6.07, 6.45) is 0. The first-order valence-corrected chi connectivity index (χ1v) is 6.59. The molecule has 1 aromatic carbocycles. The maximum Gasteiger partial charge on any atom is 0.339 e. The van der Waals surface area contributed by atoms with Crippen molar-refractivity contribution >= 4 is 33.4 Å². The number of aryl methyl sites for hydroxylation is 1. The zero-order chi connectivity index (χ0) is 14.2. The van der Waals surface area contributed by atoms with Crippen LogP contribution < -0.4 is 16.9 Å². The number of nitrogens with two attached hydrogens (primary N) is 1. The number of rotatable bonds is 2. The van der Waals surface area contributed by atoms with Gasteiger partial charge in [-0.25, -0.2) is 4.39 Å². The normalized spacial score (nSPS) is 10.7. The van der Waals surface area contributed by atoms with Crippen molar-refractivity contribution < 1.29 is 4.39 Å². The zero-order valence-electron chi connectivity index (χ0n) is 9.61. The van der Waals surface area contributed by atoms with Gasteiger partial charge in [-0.05, 0) is 39.8 Å². The van der Waals surface area contributed by atoms with E-state index in [-0.39, 0.29) is 15.3 Å².